The summed E-state index contributed by atoms with van der Waals surface area (Å²) < 4.78 is 5.78. The number of ether oxygens (including phenoxy) is 1. The first-order chi connectivity index (χ1) is 14.0. The molecule has 0 radical (unpaired) electrons. The fourth-order valence-corrected chi connectivity index (χ4v) is 3.95. The molecule has 0 atom stereocenters. The van der Waals surface area contributed by atoms with Gasteiger partial charge in [0.2, 0.25) is 0 Å². The molecule has 150 valence electrons. The van der Waals surface area contributed by atoms with Crippen LogP contribution in [0.1, 0.15) is 39.5 Å². The Morgan fingerprint density at radius 3 is 2.34 bits per heavy atom. The highest BCUT2D eigenvalue weighted by Crippen LogP contribution is 2.29. The molecule has 3 nitrogen and oxygen atoms in total. The first-order valence-electron chi connectivity index (χ1n) is 9.80. The monoisotopic (exact) mass is 405 g/mol. The summed E-state index contributed by atoms with van der Waals surface area (Å²) in [6, 6.07) is 20.1. The smallest absolute Gasteiger partial charge is 0.255 e. The molecule has 0 fully saturated rings. The molecule has 1 N–H and O–H groups in total. The average Bonchev–Trinajstić information content (AvgIpc) is 2.70. The maximum atomic E-state index is 12.8. The van der Waals surface area contributed by atoms with Crippen LogP contribution in [0, 0.1) is 20.8 Å². The molecule has 0 saturated carbocycles. The van der Waals surface area contributed by atoms with Gasteiger partial charge in [0, 0.05) is 27.5 Å². The van der Waals surface area contributed by atoms with Gasteiger partial charge in [0.1, 0.15) is 5.75 Å². The Balaban J connectivity index is 1.79. The van der Waals surface area contributed by atoms with Crippen LogP contribution in [0.15, 0.2) is 65.6 Å². The molecule has 0 aliphatic rings. The van der Waals surface area contributed by atoms with E-state index < -0.39 is 0 Å². The van der Waals surface area contributed by atoms with E-state index in [1.54, 1.807) is 11.8 Å². The zero-order valence-electron chi connectivity index (χ0n) is 17.4. The zero-order chi connectivity index (χ0) is 20.8. The van der Waals surface area contributed by atoms with E-state index in [0.29, 0.717) is 12.2 Å². The standard InChI is InChI=1S/C25H27NO2S/c1-5-28-24-13-9-20(25(27)26-23-12-8-18(3)14-19(23)4)15-21(24)16-29-22-10-6-17(2)7-11-22/h6-15H,5,16H2,1-4H3,(H,26,27). The van der Waals surface area contributed by atoms with Crippen molar-refractivity contribution in [2.45, 2.75) is 38.3 Å². The summed E-state index contributed by atoms with van der Waals surface area (Å²) in [6.45, 7) is 8.70. The van der Waals surface area contributed by atoms with Crippen LogP contribution in [0.25, 0.3) is 0 Å². The molecule has 3 aromatic rings. The Morgan fingerprint density at radius 2 is 1.66 bits per heavy atom. The zero-order valence-corrected chi connectivity index (χ0v) is 18.2. The van der Waals surface area contributed by atoms with Crippen LogP contribution in [-0.2, 0) is 5.75 Å². The van der Waals surface area contributed by atoms with Crippen molar-refractivity contribution < 1.29 is 9.53 Å². The van der Waals surface area contributed by atoms with Gasteiger partial charge in [-0.3, -0.25) is 4.79 Å². The van der Waals surface area contributed by atoms with E-state index in [0.717, 1.165) is 28.3 Å². The summed E-state index contributed by atoms with van der Waals surface area (Å²) >= 11 is 1.74. The number of anilines is 1. The van der Waals surface area contributed by atoms with E-state index in [2.05, 4.69) is 42.6 Å². The molecule has 4 heteroatoms. The molecule has 0 saturated heterocycles. The molecule has 0 bridgehead atoms. The van der Waals surface area contributed by atoms with E-state index in [1.165, 1.54) is 16.0 Å². The van der Waals surface area contributed by atoms with Gasteiger partial charge in [0.15, 0.2) is 0 Å². The number of rotatable bonds is 7. The first kappa shape index (κ1) is 21.0. The van der Waals surface area contributed by atoms with Crippen LogP contribution in [-0.4, -0.2) is 12.5 Å². The summed E-state index contributed by atoms with van der Waals surface area (Å²) in [5.74, 6) is 1.46. The molecule has 3 aromatic carbocycles. The second-order valence-electron chi connectivity index (χ2n) is 7.13. The van der Waals surface area contributed by atoms with Gasteiger partial charge in [-0.15, -0.1) is 11.8 Å². The predicted molar refractivity (Wildman–Crippen MR) is 122 cm³/mol. The summed E-state index contributed by atoms with van der Waals surface area (Å²) in [6.07, 6.45) is 0. The number of carbonyl (C=O) groups excluding carboxylic acids is 1. The second kappa shape index (κ2) is 9.66. The van der Waals surface area contributed by atoms with E-state index in [-0.39, 0.29) is 5.91 Å². The van der Waals surface area contributed by atoms with Crippen LogP contribution in [0.3, 0.4) is 0 Å². The summed E-state index contributed by atoms with van der Waals surface area (Å²) in [5, 5.41) is 3.03. The molecular formula is C25H27NO2S. The minimum Gasteiger partial charge on any atom is -0.494 e. The third-order valence-corrected chi connectivity index (χ3v) is 5.73. The molecule has 0 heterocycles. The van der Waals surface area contributed by atoms with Crippen LogP contribution >= 0.6 is 11.8 Å². The normalized spacial score (nSPS) is 10.6. The largest absolute Gasteiger partial charge is 0.494 e. The van der Waals surface area contributed by atoms with E-state index >= 15 is 0 Å². The molecule has 0 aliphatic carbocycles. The Labute approximate surface area is 177 Å². The first-order valence-corrected chi connectivity index (χ1v) is 10.8. The van der Waals surface area contributed by atoms with Crippen molar-refractivity contribution in [3.8, 4) is 5.75 Å². The van der Waals surface area contributed by atoms with Crippen molar-refractivity contribution >= 4 is 23.4 Å². The molecule has 3 rings (SSSR count). The van der Waals surface area contributed by atoms with Gasteiger partial charge in [-0.25, -0.2) is 0 Å². The van der Waals surface area contributed by atoms with Crippen molar-refractivity contribution in [3.63, 3.8) is 0 Å². The number of amides is 1. The highest BCUT2D eigenvalue weighted by molar-refractivity contribution is 7.98. The maximum absolute atomic E-state index is 12.8. The van der Waals surface area contributed by atoms with Gasteiger partial charge in [-0.05, 0) is 69.7 Å². The van der Waals surface area contributed by atoms with Crippen molar-refractivity contribution in [3.05, 3.63) is 88.5 Å². The second-order valence-corrected chi connectivity index (χ2v) is 8.18. The van der Waals surface area contributed by atoms with Crippen molar-refractivity contribution in [2.75, 3.05) is 11.9 Å². The number of aryl methyl sites for hydroxylation is 3. The van der Waals surface area contributed by atoms with Crippen molar-refractivity contribution in [2.24, 2.45) is 0 Å². The number of hydrogen-bond donors (Lipinski definition) is 1. The highest BCUT2D eigenvalue weighted by atomic mass is 32.2. The SMILES string of the molecule is CCOc1ccc(C(=O)Nc2ccc(C)cc2C)cc1CSc1ccc(C)cc1. The minimum atomic E-state index is -0.110. The van der Waals surface area contributed by atoms with E-state index in [9.17, 15) is 4.79 Å². The average molecular weight is 406 g/mol. The third kappa shape index (κ3) is 5.64. The van der Waals surface area contributed by atoms with E-state index in [4.69, 9.17) is 4.74 Å². The number of benzene rings is 3. The number of nitrogens with one attached hydrogen (secondary N) is 1. The van der Waals surface area contributed by atoms with Crippen LogP contribution in [0.4, 0.5) is 5.69 Å². The minimum absolute atomic E-state index is 0.110. The topological polar surface area (TPSA) is 38.3 Å². The summed E-state index contributed by atoms with van der Waals surface area (Å²) in [4.78, 5) is 14.0. The van der Waals surface area contributed by atoms with Gasteiger partial charge in [0.25, 0.3) is 5.91 Å². The number of carbonyl (C=O) groups is 1. The molecule has 29 heavy (non-hydrogen) atoms. The van der Waals surface area contributed by atoms with Gasteiger partial charge in [-0.2, -0.15) is 0 Å². The molecule has 1 amide bonds. The Hall–Kier alpha value is -2.72. The third-order valence-electron chi connectivity index (χ3n) is 4.67. The fourth-order valence-electron chi connectivity index (χ4n) is 3.07. The molecule has 0 spiro atoms. The number of thioether (sulfide) groups is 1. The highest BCUT2D eigenvalue weighted by Gasteiger charge is 2.12. The lowest BCUT2D eigenvalue weighted by atomic mass is 10.1. The van der Waals surface area contributed by atoms with Crippen molar-refractivity contribution in [1.82, 2.24) is 0 Å². The lowest BCUT2D eigenvalue weighted by Gasteiger charge is -2.13. The van der Waals surface area contributed by atoms with Crippen LogP contribution in [0.2, 0.25) is 0 Å². The lowest BCUT2D eigenvalue weighted by Crippen LogP contribution is -2.13. The fraction of sp³-hybridized carbons (Fsp3) is 0.240. The Kier molecular flexibility index (Phi) is 6.99. The van der Waals surface area contributed by atoms with Gasteiger partial charge in [0.05, 0.1) is 6.61 Å². The molecular weight excluding hydrogens is 378 g/mol. The van der Waals surface area contributed by atoms with Gasteiger partial charge >= 0.3 is 0 Å². The van der Waals surface area contributed by atoms with Crippen molar-refractivity contribution in [1.29, 1.82) is 0 Å². The maximum Gasteiger partial charge on any atom is 0.255 e. The molecule has 0 aromatic heterocycles. The molecule has 0 unspecified atom stereocenters. The van der Waals surface area contributed by atoms with Crippen LogP contribution < -0.4 is 10.1 Å². The summed E-state index contributed by atoms with van der Waals surface area (Å²) in [5.41, 5.74) is 5.97. The quantitative estimate of drug-likeness (QED) is 0.453. The summed E-state index contributed by atoms with van der Waals surface area (Å²) in [7, 11) is 0. The lowest BCUT2D eigenvalue weighted by molar-refractivity contribution is 0.102. The van der Waals surface area contributed by atoms with Gasteiger partial charge < -0.3 is 10.1 Å². The Bertz CT molecular complexity index is 996. The van der Waals surface area contributed by atoms with Gasteiger partial charge in [-0.1, -0.05) is 35.4 Å². The predicted octanol–water partition coefficient (Wildman–Crippen LogP) is 6.56. The molecule has 0 aliphatic heterocycles. The number of hydrogen-bond acceptors (Lipinski definition) is 3. The van der Waals surface area contributed by atoms with E-state index in [1.807, 2.05) is 51.1 Å². The Morgan fingerprint density at radius 1 is 0.931 bits per heavy atom. The van der Waals surface area contributed by atoms with Crippen LogP contribution in [0.5, 0.6) is 5.75 Å².